The quantitative estimate of drug-likeness (QED) is 0.651. The topological polar surface area (TPSA) is 20.2 Å². The lowest BCUT2D eigenvalue weighted by atomic mass is 9.62. The highest BCUT2D eigenvalue weighted by Crippen LogP contribution is 2.50. The van der Waals surface area contributed by atoms with Gasteiger partial charge in [0.15, 0.2) is 0 Å². The Labute approximate surface area is 92.9 Å². The molecule has 1 saturated carbocycles. The molecule has 1 heteroatoms. The molecule has 3 atom stereocenters. The first kappa shape index (κ1) is 10.9. The maximum absolute atomic E-state index is 9.64. The molecule has 1 nitrogen and oxygen atoms in total. The van der Waals surface area contributed by atoms with Crippen LogP contribution in [0.5, 0.6) is 0 Å². The summed E-state index contributed by atoms with van der Waals surface area (Å²) < 4.78 is 0. The Morgan fingerprint density at radius 2 is 2.27 bits per heavy atom. The van der Waals surface area contributed by atoms with Gasteiger partial charge >= 0.3 is 0 Å². The molecule has 0 spiro atoms. The van der Waals surface area contributed by atoms with E-state index in [0.717, 1.165) is 19.3 Å². The van der Waals surface area contributed by atoms with Crippen LogP contribution in [0.15, 0.2) is 23.8 Å². The molecule has 0 aromatic heterocycles. The molecule has 84 valence electrons. The molecule has 1 fully saturated rings. The molecule has 2 rings (SSSR count). The van der Waals surface area contributed by atoms with Gasteiger partial charge in [0, 0.05) is 0 Å². The fourth-order valence-electron chi connectivity index (χ4n) is 3.16. The lowest BCUT2D eigenvalue weighted by Crippen LogP contribution is -2.33. The van der Waals surface area contributed by atoms with Crippen molar-refractivity contribution in [1.82, 2.24) is 0 Å². The minimum absolute atomic E-state index is 0.186. The molecule has 0 aromatic rings. The Kier molecular flexibility index (Phi) is 2.76. The van der Waals surface area contributed by atoms with Crippen molar-refractivity contribution in [2.45, 2.75) is 52.1 Å². The van der Waals surface area contributed by atoms with E-state index in [1.165, 1.54) is 24.0 Å². The first-order chi connectivity index (χ1) is 7.01. The summed E-state index contributed by atoms with van der Waals surface area (Å²) in [7, 11) is 0. The second-order valence-corrected chi connectivity index (χ2v) is 5.64. The Bertz CT molecular complexity index is 302. The molecule has 0 amide bonds. The number of rotatable bonds is 1. The molecular weight excluding hydrogens is 184 g/mol. The second-order valence-electron chi connectivity index (χ2n) is 5.64. The Morgan fingerprint density at radius 1 is 1.53 bits per heavy atom. The molecule has 0 aliphatic heterocycles. The zero-order valence-corrected chi connectivity index (χ0v) is 9.92. The van der Waals surface area contributed by atoms with Crippen LogP contribution in [0, 0.1) is 11.3 Å². The summed E-state index contributed by atoms with van der Waals surface area (Å²) >= 11 is 0. The van der Waals surface area contributed by atoms with E-state index in [1.54, 1.807) is 0 Å². The number of allylic oxidation sites excluding steroid dienone is 2. The Balaban J connectivity index is 2.19. The first-order valence-electron chi connectivity index (χ1n) is 6.06. The number of aliphatic hydroxyl groups excluding tert-OH is 1. The molecule has 0 heterocycles. The second kappa shape index (κ2) is 3.79. The summed E-state index contributed by atoms with van der Waals surface area (Å²) in [5, 5.41) is 9.64. The third-order valence-corrected chi connectivity index (χ3v) is 4.32. The number of aliphatic hydroxyl groups is 1. The highest BCUT2D eigenvalue weighted by atomic mass is 16.3. The summed E-state index contributed by atoms with van der Waals surface area (Å²) in [6, 6.07) is 0. The third-order valence-electron chi connectivity index (χ3n) is 4.32. The highest BCUT2D eigenvalue weighted by Gasteiger charge is 2.38. The van der Waals surface area contributed by atoms with Gasteiger partial charge in [-0.05, 0) is 50.4 Å². The van der Waals surface area contributed by atoms with Gasteiger partial charge in [-0.25, -0.2) is 0 Å². The fraction of sp³-hybridized carbons (Fsp3) is 0.714. The maximum Gasteiger partial charge on any atom is 0.0724 e. The van der Waals surface area contributed by atoms with Gasteiger partial charge in [-0.15, -0.1) is 0 Å². The van der Waals surface area contributed by atoms with Crippen molar-refractivity contribution in [3.8, 4) is 0 Å². The van der Waals surface area contributed by atoms with Gasteiger partial charge in [-0.2, -0.15) is 0 Å². The van der Waals surface area contributed by atoms with Crippen LogP contribution >= 0.6 is 0 Å². The summed E-state index contributed by atoms with van der Waals surface area (Å²) in [6.45, 7) is 8.61. The molecular formula is C14H22O. The monoisotopic (exact) mass is 206 g/mol. The molecule has 0 radical (unpaired) electrons. The van der Waals surface area contributed by atoms with Crippen molar-refractivity contribution < 1.29 is 5.11 Å². The van der Waals surface area contributed by atoms with Crippen molar-refractivity contribution in [3.05, 3.63) is 23.8 Å². The first-order valence-corrected chi connectivity index (χ1v) is 6.06. The lowest BCUT2D eigenvalue weighted by Gasteiger charge is -2.44. The van der Waals surface area contributed by atoms with Crippen molar-refractivity contribution in [3.63, 3.8) is 0 Å². The van der Waals surface area contributed by atoms with Crippen LogP contribution in [0.25, 0.3) is 0 Å². The zero-order chi connectivity index (χ0) is 11.1. The van der Waals surface area contributed by atoms with Crippen LogP contribution in [0.3, 0.4) is 0 Å². The summed E-state index contributed by atoms with van der Waals surface area (Å²) in [4.78, 5) is 0. The Hall–Kier alpha value is -0.560. The number of hydrogen-bond acceptors (Lipinski definition) is 1. The van der Waals surface area contributed by atoms with Gasteiger partial charge < -0.3 is 5.11 Å². The summed E-state index contributed by atoms with van der Waals surface area (Å²) in [5.74, 6) is 0.697. The predicted octanol–water partition coefficient (Wildman–Crippen LogP) is 3.45. The number of fused-ring (bicyclic) bond motifs is 1. The van der Waals surface area contributed by atoms with Gasteiger partial charge in [0.05, 0.1) is 6.10 Å². The zero-order valence-electron chi connectivity index (χ0n) is 9.92. The van der Waals surface area contributed by atoms with Gasteiger partial charge in [0.2, 0.25) is 0 Å². The van der Waals surface area contributed by atoms with Crippen molar-refractivity contribution in [2.24, 2.45) is 11.3 Å². The predicted molar refractivity (Wildman–Crippen MR) is 63.6 cm³/mol. The van der Waals surface area contributed by atoms with Crippen LogP contribution in [0.1, 0.15) is 46.0 Å². The van der Waals surface area contributed by atoms with Crippen LogP contribution < -0.4 is 0 Å². The molecule has 1 unspecified atom stereocenters. The minimum Gasteiger partial charge on any atom is -0.389 e. The third kappa shape index (κ3) is 2.03. The van der Waals surface area contributed by atoms with Gasteiger partial charge in [-0.1, -0.05) is 30.7 Å². The van der Waals surface area contributed by atoms with Gasteiger partial charge in [-0.3, -0.25) is 0 Å². The molecule has 15 heavy (non-hydrogen) atoms. The van der Waals surface area contributed by atoms with Crippen LogP contribution in [-0.4, -0.2) is 11.2 Å². The van der Waals surface area contributed by atoms with E-state index in [0.29, 0.717) is 11.3 Å². The van der Waals surface area contributed by atoms with E-state index in [1.807, 2.05) is 0 Å². The van der Waals surface area contributed by atoms with E-state index in [-0.39, 0.29) is 6.10 Å². The smallest absolute Gasteiger partial charge is 0.0724 e. The molecule has 0 aromatic carbocycles. The SMILES string of the molecule is C=C(C)[C@@H]1CCC2=CC(O)CC[C@]2(C)C1. The maximum atomic E-state index is 9.64. The van der Waals surface area contributed by atoms with E-state index in [2.05, 4.69) is 26.5 Å². The molecule has 0 saturated heterocycles. The lowest BCUT2D eigenvalue weighted by molar-refractivity contribution is 0.140. The number of hydrogen-bond donors (Lipinski definition) is 1. The van der Waals surface area contributed by atoms with Crippen molar-refractivity contribution >= 4 is 0 Å². The highest BCUT2D eigenvalue weighted by molar-refractivity contribution is 5.23. The standard InChI is InChI=1S/C14H22O/c1-10(2)11-4-5-12-8-13(15)6-7-14(12,3)9-11/h8,11,13,15H,1,4-7,9H2,2-3H3/t11-,13?,14-/m1/s1. The molecule has 0 bridgehead atoms. The summed E-state index contributed by atoms with van der Waals surface area (Å²) in [6.07, 6.45) is 7.62. The normalized spacial score (nSPS) is 40.6. The van der Waals surface area contributed by atoms with Crippen LogP contribution in [-0.2, 0) is 0 Å². The average Bonchev–Trinajstić information content (AvgIpc) is 2.18. The van der Waals surface area contributed by atoms with E-state index in [4.69, 9.17) is 0 Å². The van der Waals surface area contributed by atoms with Crippen LogP contribution in [0.4, 0.5) is 0 Å². The van der Waals surface area contributed by atoms with E-state index >= 15 is 0 Å². The molecule has 2 aliphatic carbocycles. The van der Waals surface area contributed by atoms with Gasteiger partial charge in [0.1, 0.15) is 0 Å². The van der Waals surface area contributed by atoms with Crippen molar-refractivity contribution in [2.75, 3.05) is 0 Å². The average molecular weight is 206 g/mol. The Morgan fingerprint density at radius 3 is 2.93 bits per heavy atom. The van der Waals surface area contributed by atoms with Crippen molar-refractivity contribution in [1.29, 1.82) is 0 Å². The van der Waals surface area contributed by atoms with E-state index in [9.17, 15) is 5.11 Å². The fourth-order valence-corrected chi connectivity index (χ4v) is 3.16. The summed E-state index contributed by atoms with van der Waals surface area (Å²) in [5.41, 5.74) is 3.18. The molecule has 2 aliphatic rings. The van der Waals surface area contributed by atoms with E-state index < -0.39 is 0 Å². The van der Waals surface area contributed by atoms with Crippen LogP contribution in [0.2, 0.25) is 0 Å². The molecule has 1 N–H and O–H groups in total. The largest absolute Gasteiger partial charge is 0.389 e. The minimum atomic E-state index is -0.186. The van der Waals surface area contributed by atoms with Gasteiger partial charge in [0.25, 0.3) is 0 Å².